The van der Waals surface area contributed by atoms with Crippen molar-refractivity contribution in [3.05, 3.63) is 68.7 Å². The molecule has 0 saturated carbocycles. The van der Waals surface area contributed by atoms with Gasteiger partial charge in [0, 0.05) is 42.0 Å². The van der Waals surface area contributed by atoms with Crippen LogP contribution in [0, 0.1) is 10.1 Å². The number of nitro groups is 1. The van der Waals surface area contributed by atoms with E-state index >= 15 is 0 Å². The second-order valence-electron chi connectivity index (χ2n) is 4.68. The van der Waals surface area contributed by atoms with Crippen LogP contribution in [-0.2, 0) is 13.2 Å². The van der Waals surface area contributed by atoms with Gasteiger partial charge in [-0.2, -0.15) is 0 Å². The number of non-ortho nitro benzene ring substituents is 1. The van der Waals surface area contributed by atoms with Gasteiger partial charge in [-0.05, 0) is 17.7 Å². The standard InChI is InChI=1S/C15H15ClN2O3/c1-17(9-11-4-2-3-5-14(11)16)15-7-6-13(18(20)21)8-12(15)10-19/h2-8,19H,9-10H2,1H3. The van der Waals surface area contributed by atoms with E-state index in [9.17, 15) is 15.2 Å². The molecule has 0 unspecified atom stereocenters. The highest BCUT2D eigenvalue weighted by Crippen LogP contribution is 2.27. The molecular formula is C15H15ClN2O3. The Balaban J connectivity index is 2.29. The van der Waals surface area contributed by atoms with E-state index in [4.69, 9.17) is 11.6 Å². The van der Waals surface area contributed by atoms with E-state index in [0.29, 0.717) is 17.1 Å². The predicted octanol–water partition coefficient (Wildman–Crippen LogP) is 3.38. The van der Waals surface area contributed by atoms with Crippen molar-refractivity contribution in [3.63, 3.8) is 0 Å². The van der Waals surface area contributed by atoms with E-state index < -0.39 is 4.92 Å². The van der Waals surface area contributed by atoms with Gasteiger partial charge < -0.3 is 10.0 Å². The quantitative estimate of drug-likeness (QED) is 0.679. The molecule has 0 heterocycles. The minimum atomic E-state index is -0.475. The average Bonchev–Trinajstić information content (AvgIpc) is 2.48. The van der Waals surface area contributed by atoms with Gasteiger partial charge in [-0.1, -0.05) is 29.8 Å². The van der Waals surface area contributed by atoms with Gasteiger partial charge in [0.2, 0.25) is 0 Å². The zero-order valence-electron chi connectivity index (χ0n) is 11.5. The molecule has 0 aliphatic rings. The molecule has 1 N–H and O–H groups in total. The van der Waals surface area contributed by atoms with Crippen molar-refractivity contribution in [2.24, 2.45) is 0 Å². The largest absolute Gasteiger partial charge is 0.392 e. The summed E-state index contributed by atoms with van der Waals surface area (Å²) in [6.45, 7) is 0.286. The Hall–Kier alpha value is -2.11. The molecule has 0 aliphatic heterocycles. The van der Waals surface area contributed by atoms with Crippen LogP contribution < -0.4 is 4.90 Å². The number of aliphatic hydroxyl groups excluding tert-OH is 1. The first-order valence-electron chi connectivity index (χ1n) is 6.35. The van der Waals surface area contributed by atoms with Crippen LogP contribution in [0.2, 0.25) is 5.02 Å². The van der Waals surface area contributed by atoms with Crippen LogP contribution in [0.25, 0.3) is 0 Å². The van der Waals surface area contributed by atoms with E-state index in [1.54, 1.807) is 6.07 Å². The summed E-state index contributed by atoms with van der Waals surface area (Å²) < 4.78 is 0. The van der Waals surface area contributed by atoms with Crippen molar-refractivity contribution < 1.29 is 10.0 Å². The Bertz CT molecular complexity index is 661. The molecule has 0 radical (unpaired) electrons. The maximum absolute atomic E-state index is 10.8. The normalized spacial score (nSPS) is 10.4. The third-order valence-corrected chi connectivity index (χ3v) is 3.59. The van der Waals surface area contributed by atoms with Crippen molar-refractivity contribution in [1.82, 2.24) is 0 Å². The first kappa shape index (κ1) is 15.3. The Morgan fingerprint density at radius 2 is 1.95 bits per heavy atom. The summed E-state index contributed by atoms with van der Waals surface area (Å²) in [5.41, 5.74) is 2.17. The first-order valence-corrected chi connectivity index (χ1v) is 6.73. The van der Waals surface area contributed by atoms with E-state index in [2.05, 4.69) is 0 Å². The van der Waals surface area contributed by atoms with Crippen LogP contribution >= 0.6 is 11.6 Å². The van der Waals surface area contributed by atoms with Crippen LogP contribution in [0.15, 0.2) is 42.5 Å². The average molecular weight is 307 g/mol. The van der Waals surface area contributed by atoms with Gasteiger partial charge in [-0.3, -0.25) is 10.1 Å². The fourth-order valence-corrected chi connectivity index (χ4v) is 2.35. The van der Waals surface area contributed by atoms with Gasteiger partial charge in [0.05, 0.1) is 11.5 Å². The lowest BCUT2D eigenvalue weighted by molar-refractivity contribution is -0.384. The number of halogens is 1. The van der Waals surface area contributed by atoms with Crippen molar-refractivity contribution in [3.8, 4) is 0 Å². The number of nitrogens with zero attached hydrogens (tertiary/aromatic N) is 2. The fraction of sp³-hybridized carbons (Fsp3) is 0.200. The minimum Gasteiger partial charge on any atom is -0.392 e. The molecule has 6 heteroatoms. The van der Waals surface area contributed by atoms with Crippen LogP contribution in [0.4, 0.5) is 11.4 Å². The minimum absolute atomic E-state index is 0.0334. The molecule has 2 aromatic carbocycles. The molecule has 2 aromatic rings. The number of benzene rings is 2. The summed E-state index contributed by atoms with van der Waals surface area (Å²) in [7, 11) is 1.85. The fourth-order valence-electron chi connectivity index (χ4n) is 2.15. The molecule has 0 atom stereocenters. The number of hydrogen-bond acceptors (Lipinski definition) is 4. The molecule has 5 nitrogen and oxygen atoms in total. The first-order chi connectivity index (χ1) is 10.0. The van der Waals surface area contributed by atoms with Gasteiger partial charge >= 0.3 is 0 Å². The summed E-state index contributed by atoms with van der Waals surface area (Å²) in [5, 5.41) is 20.9. The number of anilines is 1. The molecule has 110 valence electrons. The van der Waals surface area contributed by atoms with Gasteiger partial charge in [0.15, 0.2) is 0 Å². The van der Waals surface area contributed by atoms with Gasteiger partial charge in [0.25, 0.3) is 5.69 Å². The molecule has 0 saturated heterocycles. The third kappa shape index (κ3) is 3.51. The molecule has 0 aromatic heterocycles. The van der Waals surface area contributed by atoms with E-state index in [0.717, 1.165) is 11.3 Å². The lowest BCUT2D eigenvalue weighted by Gasteiger charge is -2.22. The molecular weight excluding hydrogens is 292 g/mol. The zero-order valence-corrected chi connectivity index (χ0v) is 12.2. The van der Waals surface area contributed by atoms with E-state index in [1.807, 2.05) is 36.2 Å². The highest BCUT2D eigenvalue weighted by molar-refractivity contribution is 6.31. The van der Waals surface area contributed by atoms with E-state index in [1.165, 1.54) is 12.1 Å². The van der Waals surface area contributed by atoms with Crippen LogP contribution in [0.3, 0.4) is 0 Å². The summed E-state index contributed by atoms with van der Waals surface area (Å²) >= 11 is 6.13. The monoisotopic (exact) mass is 306 g/mol. The number of hydrogen-bond donors (Lipinski definition) is 1. The maximum atomic E-state index is 10.8. The lowest BCUT2D eigenvalue weighted by atomic mass is 10.1. The molecule has 0 fully saturated rings. The summed E-state index contributed by atoms with van der Waals surface area (Å²) in [6, 6.07) is 11.9. The smallest absolute Gasteiger partial charge is 0.269 e. The molecule has 21 heavy (non-hydrogen) atoms. The Morgan fingerprint density at radius 3 is 2.57 bits per heavy atom. The Morgan fingerprint density at radius 1 is 1.24 bits per heavy atom. The number of nitro benzene ring substituents is 1. The highest BCUT2D eigenvalue weighted by atomic mass is 35.5. The SMILES string of the molecule is CN(Cc1ccccc1Cl)c1ccc([N+](=O)[O-])cc1CO. The summed E-state index contributed by atoms with van der Waals surface area (Å²) in [5.74, 6) is 0. The lowest BCUT2D eigenvalue weighted by Crippen LogP contribution is -2.18. The summed E-state index contributed by atoms with van der Waals surface area (Å²) in [6.07, 6.45) is 0. The van der Waals surface area contributed by atoms with Crippen LogP contribution in [0.1, 0.15) is 11.1 Å². The zero-order chi connectivity index (χ0) is 15.4. The van der Waals surface area contributed by atoms with Gasteiger partial charge in [-0.25, -0.2) is 0 Å². The van der Waals surface area contributed by atoms with Gasteiger partial charge in [-0.15, -0.1) is 0 Å². The Kier molecular flexibility index (Phi) is 4.77. The van der Waals surface area contributed by atoms with Crippen molar-refractivity contribution in [2.75, 3.05) is 11.9 Å². The van der Waals surface area contributed by atoms with Crippen LogP contribution in [-0.4, -0.2) is 17.1 Å². The molecule has 0 spiro atoms. The predicted molar refractivity (Wildman–Crippen MR) is 82.6 cm³/mol. The van der Waals surface area contributed by atoms with Crippen molar-refractivity contribution >= 4 is 23.0 Å². The van der Waals surface area contributed by atoms with Crippen molar-refractivity contribution in [1.29, 1.82) is 0 Å². The second-order valence-corrected chi connectivity index (χ2v) is 5.08. The number of rotatable bonds is 5. The summed E-state index contributed by atoms with van der Waals surface area (Å²) in [4.78, 5) is 12.2. The molecule has 0 bridgehead atoms. The van der Waals surface area contributed by atoms with E-state index in [-0.39, 0.29) is 12.3 Å². The molecule has 2 rings (SSSR count). The van der Waals surface area contributed by atoms with Crippen LogP contribution in [0.5, 0.6) is 0 Å². The number of aliphatic hydroxyl groups is 1. The Labute approximate surface area is 127 Å². The van der Waals surface area contributed by atoms with Gasteiger partial charge in [0.1, 0.15) is 0 Å². The topological polar surface area (TPSA) is 66.6 Å². The highest BCUT2D eigenvalue weighted by Gasteiger charge is 2.14. The van der Waals surface area contributed by atoms with Crippen molar-refractivity contribution in [2.45, 2.75) is 13.2 Å². The maximum Gasteiger partial charge on any atom is 0.269 e. The second kappa shape index (κ2) is 6.56. The third-order valence-electron chi connectivity index (χ3n) is 3.22. The molecule has 0 aliphatic carbocycles. The molecule has 0 amide bonds.